The molecule has 342 valence electrons. The van der Waals surface area contributed by atoms with Crippen LogP contribution in [0.5, 0.6) is 0 Å². The zero-order valence-electron chi connectivity index (χ0n) is 41.4. The lowest BCUT2D eigenvalue weighted by Crippen LogP contribution is -2.63. The largest absolute Gasteiger partial charge is 0.335 e. The second-order valence-corrected chi connectivity index (χ2v) is 23.9. The average Bonchev–Trinajstić information content (AvgIpc) is 3.94. The summed E-state index contributed by atoms with van der Waals surface area (Å²) >= 11 is 2.03. The third-order valence-electron chi connectivity index (χ3n) is 17.8. The molecule has 1 aromatic heterocycles. The Bertz CT molecular complexity index is 3620. The molecule has 3 nitrogen and oxygen atoms in total. The van der Waals surface area contributed by atoms with Crippen LogP contribution < -0.4 is 30.4 Å². The van der Waals surface area contributed by atoms with Crippen molar-refractivity contribution >= 4 is 89.3 Å². The van der Waals surface area contributed by atoms with Gasteiger partial charge in [0.25, 0.3) is 6.71 Å². The van der Waals surface area contributed by atoms with Gasteiger partial charge in [0.1, 0.15) is 0 Å². The van der Waals surface area contributed by atoms with Gasteiger partial charge in [-0.2, -0.15) is 0 Å². The van der Waals surface area contributed by atoms with E-state index in [9.17, 15) is 0 Å². The van der Waals surface area contributed by atoms with E-state index < -0.39 is 0 Å². The van der Waals surface area contributed by atoms with E-state index in [0.29, 0.717) is 0 Å². The third-order valence-corrected chi connectivity index (χ3v) is 19.0. The fourth-order valence-electron chi connectivity index (χ4n) is 14.0. The van der Waals surface area contributed by atoms with E-state index in [2.05, 4.69) is 239 Å². The Morgan fingerprint density at radius 1 is 0.571 bits per heavy atom. The Hall–Kier alpha value is -6.82. The molecule has 8 aromatic carbocycles. The summed E-state index contributed by atoms with van der Waals surface area (Å²) in [5.74, 6) is 0. The van der Waals surface area contributed by atoms with Gasteiger partial charge in [-0.05, 0) is 136 Å². The molecule has 0 saturated heterocycles. The number of para-hydroxylation sites is 2. The summed E-state index contributed by atoms with van der Waals surface area (Å²) in [4.78, 5) is 8.06. The molecule has 3 aliphatic heterocycles. The molecule has 1 saturated carbocycles. The van der Waals surface area contributed by atoms with Crippen LogP contribution in [0, 0.1) is 0 Å². The molecule has 9 aromatic rings. The highest BCUT2D eigenvalue weighted by molar-refractivity contribution is 7.33. The molecule has 70 heavy (non-hydrogen) atoms. The van der Waals surface area contributed by atoms with Crippen LogP contribution in [0.4, 0.5) is 45.5 Å². The van der Waals surface area contributed by atoms with Crippen molar-refractivity contribution < 1.29 is 0 Å². The highest BCUT2D eigenvalue weighted by atomic mass is 32.1. The van der Waals surface area contributed by atoms with Crippen LogP contribution in [0.3, 0.4) is 0 Å². The van der Waals surface area contributed by atoms with Crippen molar-refractivity contribution in [3.8, 4) is 22.3 Å². The van der Waals surface area contributed by atoms with E-state index in [-0.39, 0.29) is 28.5 Å². The van der Waals surface area contributed by atoms with Gasteiger partial charge in [0.15, 0.2) is 0 Å². The number of rotatable bonds is 5. The van der Waals surface area contributed by atoms with Crippen molar-refractivity contribution in [1.29, 1.82) is 0 Å². The molecule has 1 fully saturated rings. The Morgan fingerprint density at radius 2 is 1.26 bits per heavy atom. The van der Waals surface area contributed by atoms with Crippen molar-refractivity contribution in [1.82, 2.24) is 0 Å². The first-order chi connectivity index (χ1) is 33.9. The predicted molar refractivity (Wildman–Crippen MR) is 300 cm³/mol. The van der Waals surface area contributed by atoms with Crippen molar-refractivity contribution in [2.45, 2.75) is 95.9 Å². The van der Waals surface area contributed by atoms with E-state index >= 15 is 0 Å². The van der Waals surface area contributed by atoms with Crippen LogP contribution in [0.2, 0.25) is 0 Å². The van der Waals surface area contributed by atoms with Crippen molar-refractivity contribution in [3.05, 3.63) is 198 Å². The molecule has 0 bridgehead atoms. The van der Waals surface area contributed by atoms with Gasteiger partial charge in [-0.1, -0.05) is 170 Å². The molecule has 4 heterocycles. The van der Waals surface area contributed by atoms with Crippen LogP contribution in [0.25, 0.3) is 32.3 Å². The molecule has 14 rings (SSSR count). The number of hydrogen-bond donors (Lipinski definition) is 0. The predicted octanol–water partition coefficient (Wildman–Crippen LogP) is 16.0. The van der Waals surface area contributed by atoms with Gasteiger partial charge in [0.05, 0.1) is 16.9 Å². The minimum absolute atomic E-state index is 0.0159. The van der Waals surface area contributed by atoms with Crippen molar-refractivity contribution in [2.24, 2.45) is 0 Å². The first kappa shape index (κ1) is 42.1. The molecule has 5 aliphatic rings. The summed E-state index contributed by atoms with van der Waals surface area (Å²) in [6.45, 7) is 17.0. The third kappa shape index (κ3) is 5.59. The van der Waals surface area contributed by atoms with Crippen LogP contribution >= 0.6 is 11.3 Å². The summed E-state index contributed by atoms with van der Waals surface area (Å²) in [7, 11) is 0. The van der Waals surface area contributed by atoms with Crippen LogP contribution in [-0.2, 0) is 16.2 Å². The van der Waals surface area contributed by atoms with Gasteiger partial charge in [0, 0.05) is 65.4 Å². The first-order valence-corrected chi connectivity index (χ1v) is 26.4. The molecular formula is C65H58BN3S. The molecule has 2 atom stereocenters. The highest BCUT2D eigenvalue weighted by Crippen LogP contribution is 2.63. The van der Waals surface area contributed by atoms with Gasteiger partial charge in [-0.25, -0.2) is 0 Å². The minimum atomic E-state index is -0.111. The van der Waals surface area contributed by atoms with Crippen molar-refractivity contribution in [3.63, 3.8) is 0 Å². The summed E-state index contributed by atoms with van der Waals surface area (Å²) in [5, 5.41) is 1.34. The molecule has 0 spiro atoms. The topological polar surface area (TPSA) is 9.72 Å². The second kappa shape index (κ2) is 14.6. The summed E-state index contributed by atoms with van der Waals surface area (Å²) in [5.41, 5.74) is 23.8. The van der Waals surface area contributed by atoms with Gasteiger partial charge in [-0.15, -0.1) is 11.3 Å². The van der Waals surface area contributed by atoms with Crippen LogP contribution in [0.1, 0.15) is 96.4 Å². The van der Waals surface area contributed by atoms with Gasteiger partial charge in [-0.3, -0.25) is 0 Å². The molecule has 0 N–H and O–H groups in total. The Balaban J connectivity index is 1.05. The second-order valence-electron chi connectivity index (χ2n) is 22.8. The lowest BCUT2D eigenvalue weighted by Gasteiger charge is -2.52. The Morgan fingerprint density at radius 3 is 2.03 bits per heavy atom. The number of fused-ring (bicyclic) bond motifs is 13. The highest BCUT2D eigenvalue weighted by Gasteiger charge is 2.62. The van der Waals surface area contributed by atoms with Gasteiger partial charge < -0.3 is 14.7 Å². The number of benzene rings is 8. The normalized spacial score (nSPS) is 19.8. The number of hydrogen-bond acceptors (Lipinski definition) is 4. The van der Waals surface area contributed by atoms with E-state index in [4.69, 9.17) is 0 Å². The molecule has 2 unspecified atom stereocenters. The van der Waals surface area contributed by atoms with E-state index in [1.807, 2.05) is 11.3 Å². The summed E-state index contributed by atoms with van der Waals surface area (Å²) < 4.78 is 2.81. The lowest BCUT2D eigenvalue weighted by atomic mass is 9.36. The molecule has 0 radical (unpaired) electrons. The quantitative estimate of drug-likeness (QED) is 0.159. The van der Waals surface area contributed by atoms with Gasteiger partial charge in [0.2, 0.25) is 0 Å². The Labute approximate surface area is 418 Å². The number of anilines is 8. The van der Waals surface area contributed by atoms with Crippen molar-refractivity contribution in [2.75, 3.05) is 14.7 Å². The zero-order valence-corrected chi connectivity index (χ0v) is 42.2. The fraction of sp³-hybridized carbons (Fsp3) is 0.231. The summed E-state index contributed by atoms with van der Waals surface area (Å²) in [6.07, 6.45) is 4.81. The lowest BCUT2D eigenvalue weighted by molar-refractivity contribution is 0.195. The maximum absolute atomic E-state index is 2.88. The average molecular weight is 924 g/mol. The van der Waals surface area contributed by atoms with Gasteiger partial charge >= 0.3 is 0 Å². The first-order valence-electron chi connectivity index (χ1n) is 25.6. The molecular weight excluding hydrogens is 866 g/mol. The van der Waals surface area contributed by atoms with E-state index in [0.717, 1.165) is 12.1 Å². The standard InChI is InChI=1S/C65H58BN3S/c1-62(2,3)42-28-30-44(31-29-42)67(54-27-17-15-24-46(54)41-20-10-8-11-21-41)45-32-34-53-56(38-45)69-60-51(64(6)36-18-19-37-65(64,69)7)33-35-55-58(60)66(53)61-59(68(55)43-22-12-9-13-23-43)49-39-48-47-25-14-16-26-50(47)63(4,5)52(48)40-57(49)70-61/h8-17,20-35,38-40H,18-19,36-37H2,1-7H3. The number of nitrogens with zero attached hydrogens (tertiary/aromatic N) is 3. The zero-order chi connectivity index (χ0) is 47.5. The van der Waals surface area contributed by atoms with Crippen LogP contribution in [-0.4, -0.2) is 12.3 Å². The molecule has 5 heteroatoms. The number of thiophene rings is 1. The van der Waals surface area contributed by atoms with E-state index in [1.165, 1.54) is 129 Å². The van der Waals surface area contributed by atoms with E-state index in [1.54, 1.807) is 0 Å². The summed E-state index contributed by atoms with van der Waals surface area (Å²) in [6, 6.07) is 67.3. The SMILES string of the molecule is CC(C)(C)c1ccc(N(c2ccc3c(c2)N2c4c(ccc5c4B3c3sc4cc6c(cc4c3N5c3ccccc3)-c3ccccc3C6(C)C)C3(C)CCCCC23C)c2ccccc2-c2ccccc2)cc1. The monoisotopic (exact) mass is 923 g/mol. The maximum Gasteiger partial charge on any atom is 0.264 e. The molecule has 2 aliphatic carbocycles. The minimum Gasteiger partial charge on any atom is -0.335 e. The Kier molecular flexibility index (Phi) is 8.79. The van der Waals surface area contributed by atoms with Crippen LogP contribution in [0.15, 0.2) is 176 Å². The smallest absolute Gasteiger partial charge is 0.264 e. The fourth-order valence-corrected chi connectivity index (χ4v) is 15.3. The molecule has 0 amide bonds. The maximum atomic E-state index is 2.88.